The Kier molecular flexibility index (Phi) is 4.41. The minimum Gasteiger partial charge on any atom is -0.479 e. The molecule has 0 aromatic heterocycles. The first kappa shape index (κ1) is 14.1. The summed E-state index contributed by atoms with van der Waals surface area (Å²) in [4.78, 5) is 10.7. The molecule has 3 nitrogen and oxygen atoms in total. The first-order valence-corrected chi connectivity index (χ1v) is 6.69. The molecule has 0 aliphatic rings. The minimum absolute atomic E-state index is 0.565. The molecular formula is C17H18O3. The highest BCUT2D eigenvalue weighted by atomic mass is 16.5. The Bertz CT molecular complexity index is 587. The van der Waals surface area contributed by atoms with Gasteiger partial charge in [0, 0.05) is 0 Å². The fraction of sp³-hybridized carbons (Fsp3) is 0.235. The maximum atomic E-state index is 10.7. The monoisotopic (exact) mass is 270 g/mol. The van der Waals surface area contributed by atoms with E-state index >= 15 is 0 Å². The predicted octanol–water partition coefficient (Wildman–Crippen LogP) is 3.77. The molecule has 1 atom stereocenters. The van der Waals surface area contributed by atoms with Crippen LogP contribution in [0.3, 0.4) is 0 Å². The third-order valence-electron chi connectivity index (χ3n) is 3.18. The molecule has 0 saturated carbocycles. The third kappa shape index (κ3) is 3.38. The van der Waals surface area contributed by atoms with Crippen LogP contribution in [0.5, 0.6) is 5.75 Å². The summed E-state index contributed by atoms with van der Waals surface area (Å²) in [5.41, 5.74) is 3.54. The molecule has 0 amide bonds. The topological polar surface area (TPSA) is 46.5 Å². The average molecular weight is 270 g/mol. The van der Waals surface area contributed by atoms with Crippen molar-refractivity contribution in [2.24, 2.45) is 0 Å². The number of aryl methyl sites for hydroxylation is 1. The van der Waals surface area contributed by atoms with Crippen molar-refractivity contribution < 1.29 is 14.6 Å². The molecule has 3 heteroatoms. The summed E-state index contributed by atoms with van der Waals surface area (Å²) in [5, 5.41) is 8.81. The van der Waals surface area contributed by atoms with Crippen molar-refractivity contribution in [3.8, 4) is 16.9 Å². The molecule has 0 aliphatic heterocycles. The molecule has 2 aromatic rings. The molecule has 1 unspecified atom stereocenters. The summed E-state index contributed by atoms with van der Waals surface area (Å²) in [7, 11) is 0. The van der Waals surface area contributed by atoms with E-state index in [4.69, 9.17) is 9.84 Å². The molecular weight excluding hydrogens is 252 g/mol. The number of hydrogen-bond acceptors (Lipinski definition) is 2. The average Bonchev–Trinajstić information content (AvgIpc) is 2.48. The molecule has 0 radical (unpaired) electrons. The van der Waals surface area contributed by atoms with Gasteiger partial charge in [-0.15, -0.1) is 0 Å². The number of hydrogen-bond donors (Lipinski definition) is 1. The van der Waals surface area contributed by atoms with Crippen LogP contribution < -0.4 is 4.74 Å². The van der Waals surface area contributed by atoms with Crippen molar-refractivity contribution in [2.45, 2.75) is 26.4 Å². The fourth-order valence-corrected chi connectivity index (χ4v) is 1.95. The van der Waals surface area contributed by atoms with Gasteiger partial charge in [0.15, 0.2) is 6.10 Å². The standard InChI is InChI=1S/C17H18O3/c1-3-13-5-4-6-15(11-13)14-7-9-16(10-8-14)20-12(2)17(18)19/h4-12H,3H2,1-2H3,(H,18,19). The lowest BCUT2D eigenvalue weighted by Crippen LogP contribution is -2.22. The number of carboxylic acids is 1. The van der Waals surface area contributed by atoms with Crippen LogP contribution in [-0.2, 0) is 11.2 Å². The second-order valence-corrected chi connectivity index (χ2v) is 4.68. The van der Waals surface area contributed by atoms with Crippen LogP contribution in [0.25, 0.3) is 11.1 Å². The Balaban J connectivity index is 2.17. The van der Waals surface area contributed by atoms with E-state index in [-0.39, 0.29) is 0 Å². The van der Waals surface area contributed by atoms with Gasteiger partial charge in [0.2, 0.25) is 0 Å². The fourth-order valence-electron chi connectivity index (χ4n) is 1.95. The van der Waals surface area contributed by atoms with Gasteiger partial charge in [-0.1, -0.05) is 43.3 Å². The van der Waals surface area contributed by atoms with Crippen molar-refractivity contribution in [3.05, 3.63) is 54.1 Å². The largest absolute Gasteiger partial charge is 0.479 e. The molecule has 1 N–H and O–H groups in total. The number of ether oxygens (including phenoxy) is 1. The highest BCUT2D eigenvalue weighted by Gasteiger charge is 2.12. The van der Waals surface area contributed by atoms with Crippen molar-refractivity contribution in [3.63, 3.8) is 0 Å². The van der Waals surface area contributed by atoms with Crippen LogP contribution >= 0.6 is 0 Å². The Morgan fingerprint density at radius 1 is 1.15 bits per heavy atom. The quantitative estimate of drug-likeness (QED) is 0.899. The minimum atomic E-state index is -0.968. The van der Waals surface area contributed by atoms with Gasteiger partial charge in [-0.05, 0) is 42.2 Å². The number of aliphatic carboxylic acids is 1. The van der Waals surface area contributed by atoms with Crippen LogP contribution in [-0.4, -0.2) is 17.2 Å². The molecule has 0 bridgehead atoms. The highest BCUT2D eigenvalue weighted by molar-refractivity contribution is 5.72. The normalized spacial score (nSPS) is 11.9. The zero-order valence-electron chi connectivity index (χ0n) is 11.7. The molecule has 0 heterocycles. The van der Waals surface area contributed by atoms with E-state index in [2.05, 4.69) is 25.1 Å². The highest BCUT2D eigenvalue weighted by Crippen LogP contribution is 2.24. The summed E-state index contributed by atoms with van der Waals surface area (Å²) >= 11 is 0. The Labute approximate surface area is 118 Å². The maximum Gasteiger partial charge on any atom is 0.344 e. The zero-order valence-corrected chi connectivity index (χ0v) is 11.7. The molecule has 2 aromatic carbocycles. The van der Waals surface area contributed by atoms with Gasteiger partial charge >= 0.3 is 5.97 Å². The molecule has 20 heavy (non-hydrogen) atoms. The van der Waals surface area contributed by atoms with Gasteiger partial charge in [-0.2, -0.15) is 0 Å². The summed E-state index contributed by atoms with van der Waals surface area (Å²) in [6, 6.07) is 15.9. The summed E-state index contributed by atoms with van der Waals surface area (Å²) < 4.78 is 5.31. The van der Waals surface area contributed by atoms with Gasteiger partial charge in [0.1, 0.15) is 5.75 Å². The van der Waals surface area contributed by atoms with Crippen molar-refractivity contribution >= 4 is 5.97 Å². The lowest BCUT2D eigenvalue weighted by molar-refractivity contribution is -0.144. The predicted molar refractivity (Wildman–Crippen MR) is 79.0 cm³/mol. The molecule has 0 spiro atoms. The zero-order chi connectivity index (χ0) is 14.5. The third-order valence-corrected chi connectivity index (χ3v) is 3.18. The number of carboxylic acid groups (broad SMARTS) is 1. The van der Waals surface area contributed by atoms with Crippen molar-refractivity contribution in [1.29, 1.82) is 0 Å². The van der Waals surface area contributed by atoms with Crippen LogP contribution in [0.15, 0.2) is 48.5 Å². The molecule has 0 saturated heterocycles. The second kappa shape index (κ2) is 6.24. The van der Waals surface area contributed by atoms with Gasteiger partial charge in [0.05, 0.1) is 0 Å². The van der Waals surface area contributed by atoms with Crippen LogP contribution in [0, 0.1) is 0 Å². The lowest BCUT2D eigenvalue weighted by Gasteiger charge is -2.11. The molecule has 0 aliphatic carbocycles. The van der Waals surface area contributed by atoms with E-state index in [1.54, 1.807) is 12.1 Å². The van der Waals surface area contributed by atoms with Gasteiger partial charge in [-0.3, -0.25) is 0 Å². The number of benzene rings is 2. The van der Waals surface area contributed by atoms with E-state index in [1.807, 2.05) is 18.2 Å². The van der Waals surface area contributed by atoms with E-state index in [0.717, 1.165) is 17.5 Å². The van der Waals surface area contributed by atoms with Crippen LogP contribution in [0.1, 0.15) is 19.4 Å². The summed E-state index contributed by atoms with van der Waals surface area (Å²) in [6.45, 7) is 3.64. The van der Waals surface area contributed by atoms with E-state index in [9.17, 15) is 4.79 Å². The van der Waals surface area contributed by atoms with Crippen molar-refractivity contribution in [2.75, 3.05) is 0 Å². The Morgan fingerprint density at radius 3 is 2.45 bits per heavy atom. The van der Waals surface area contributed by atoms with Crippen molar-refractivity contribution in [1.82, 2.24) is 0 Å². The van der Waals surface area contributed by atoms with E-state index < -0.39 is 12.1 Å². The number of rotatable bonds is 5. The number of carbonyl (C=O) groups is 1. The first-order chi connectivity index (χ1) is 9.60. The van der Waals surface area contributed by atoms with Crippen LogP contribution in [0.2, 0.25) is 0 Å². The Hall–Kier alpha value is -2.29. The molecule has 0 fully saturated rings. The maximum absolute atomic E-state index is 10.7. The second-order valence-electron chi connectivity index (χ2n) is 4.68. The lowest BCUT2D eigenvalue weighted by atomic mass is 10.0. The van der Waals surface area contributed by atoms with Crippen LogP contribution in [0.4, 0.5) is 0 Å². The van der Waals surface area contributed by atoms with E-state index in [0.29, 0.717) is 5.75 Å². The first-order valence-electron chi connectivity index (χ1n) is 6.69. The Morgan fingerprint density at radius 2 is 1.85 bits per heavy atom. The summed E-state index contributed by atoms with van der Waals surface area (Å²) in [6.07, 6.45) is 0.162. The van der Waals surface area contributed by atoms with Gasteiger partial charge < -0.3 is 9.84 Å². The van der Waals surface area contributed by atoms with E-state index in [1.165, 1.54) is 12.5 Å². The SMILES string of the molecule is CCc1cccc(-c2ccc(OC(C)C(=O)O)cc2)c1. The molecule has 104 valence electrons. The molecule has 2 rings (SSSR count). The summed E-state index contributed by atoms with van der Waals surface area (Å²) in [5.74, 6) is -0.403. The smallest absolute Gasteiger partial charge is 0.344 e. The van der Waals surface area contributed by atoms with Gasteiger partial charge in [-0.25, -0.2) is 4.79 Å². The van der Waals surface area contributed by atoms with Gasteiger partial charge in [0.25, 0.3) is 0 Å².